The summed E-state index contributed by atoms with van der Waals surface area (Å²) in [6.07, 6.45) is 5.86. The Morgan fingerprint density at radius 2 is 1.92 bits per heavy atom. The minimum Gasteiger partial charge on any atom is -0.444 e. The SMILES string of the molecule is CC(C)(C)OC(=O)Nc1cc(C=C(c2ccccc2)C2CC2)ccn1. The molecule has 3 rings (SSSR count). The summed E-state index contributed by atoms with van der Waals surface area (Å²) in [5.41, 5.74) is 3.08. The van der Waals surface area contributed by atoms with E-state index in [9.17, 15) is 4.79 Å². The zero-order valence-corrected chi connectivity index (χ0v) is 15.0. The van der Waals surface area contributed by atoms with Gasteiger partial charge in [-0.3, -0.25) is 5.32 Å². The van der Waals surface area contributed by atoms with Crippen LogP contribution in [-0.4, -0.2) is 16.7 Å². The Morgan fingerprint density at radius 3 is 2.56 bits per heavy atom. The van der Waals surface area contributed by atoms with Crippen molar-refractivity contribution in [2.24, 2.45) is 5.92 Å². The molecule has 1 amide bonds. The summed E-state index contributed by atoms with van der Waals surface area (Å²) < 4.78 is 5.27. The van der Waals surface area contributed by atoms with Crippen molar-refractivity contribution < 1.29 is 9.53 Å². The molecule has 0 radical (unpaired) electrons. The van der Waals surface area contributed by atoms with Gasteiger partial charge in [0, 0.05) is 6.20 Å². The van der Waals surface area contributed by atoms with Crippen molar-refractivity contribution in [3.05, 3.63) is 59.8 Å². The van der Waals surface area contributed by atoms with Crippen molar-refractivity contribution >= 4 is 23.6 Å². The number of allylic oxidation sites excluding steroid dienone is 1. The van der Waals surface area contributed by atoms with Crippen LogP contribution in [0.3, 0.4) is 0 Å². The summed E-state index contributed by atoms with van der Waals surface area (Å²) in [5.74, 6) is 1.11. The molecular formula is C21H24N2O2. The van der Waals surface area contributed by atoms with Gasteiger partial charge in [-0.25, -0.2) is 9.78 Å². The van der Waals surface area contributed by atoms with Crippen molar-refractivity contribution in [1.82, 2.24) is 4.98 Å². The van der Waals surface area contributed by atoms with Gasteiger partial charge >= 0.3 is 6.09 Å². The molecule has 1 N–H and O–H groups in total. The first-order valence-corrected chi connectivity index (χ1v) is 8.64. The van der Waals surface area contributed by atoms with Crippen LogP contribution in [0.15, 0.2) is 48.7 Å². The molecule has 130 valence electrons. The molecule has 0 unspecified atom stereocenters. The highest BCUT2D eigenvalue weighted by atomic mass is 16.6. The van der Waals surface area contributed by atoms with E-state index >= 15 is 0 Å². The molecule has 2 aromatic rings. The topological polar surface area (TPSA) is 51.2 Å². The van der Waals surface area contributed by atoms with Gasteiger partial charge in [-0.15, -0.1) is 0 Å². The lowest BCUT2D eigenvalue weighted by Crippen LogP contribution is -2.27. The highest BCUT2D eigenvalue weighted by Crippen LogP contribution is 2.42. The maximum atomic E-state index is 11.9. The third-order valence-corrected chi connectivity index (χ3v) is 3.86. The quantitative estimate of drug-likeness (QED) is 0.815. The van der Waals surface area contributed by atoms with E-state index in [1.165, 1.54) is 24.0 Å². The van der Waals surface area contributed by atoms with Crippen molar-refractivity contribution in [2.75, 3.05) is 5.32 Å². The minimum atomic E-state index is -0.534. The lowest BCUT2D eigenvalue weighted by Gasteiger charge is -2.19. The highest BCUT2D eigenvalue weighted by Gasteiger charge is 2.26. The molecule has 0 aliphatic heterocycles. The number of carbonyl (C=O) groups is 1. The third kappa shape index (κ3) is 5.18. The van der Waals surface area contributed by atoms with Gasteiger partial charge in [-0.1, -0.05) is 36.4 Å². The first-order valence-electron chi connectivity index (χ1n) is 8.64. The second-order valence-electron chi connectivity index (χ2n) is 7.34. The molecule has 0 spiro atoms. The number of ether oxygens (including phenoxy) is 1. The molecule has 0 atom stereocenters. The second-order valence-corrected chi connectivity index (χ2v) is 7.34. The minimum absolute atomic E-state index is 0.492. The van der Waals surface area contributed by atoms with Gasteiger partial charge in [0.15, 0.2) is 0 Å². The Morgan fingerprint density at radius 1 is 1.20 bits per heavy atom. The number of rotatable bonds is 4. The van der Waals surface area contributed by atoms with Crippen LogP contribution in [0, 0.1) is 5.92 Å². The van der Waals surface area contributed by atoms with E-state index in [1.807, 2.05) is 39.0 Å². The Bertz CT molecular complexity index is 772. The molecule has 0 saturated heterocycles. The van der Waals surface area contributed by atoms with Gasteiger partial charge < -0.3 is 4.74 Å². The average Bonchev–Trinajstić information content (AvgIpc) is 3.36. The highest BCUT2D eigenvalue weighted by molar-refractivity contribution is 5.86. The Labute approximate surface area is 148 Å². The zero-order chi connectivity index (χ0) is 17.9. The van der Waals surface area contributed by atoms with Crippen molar-refractivity contribution in [1.29, 1.82) is 0 Å². The summed E-state index contributed by atoms with van der Waals surface area (Å²) in [6, 6.07) is 14.3. The number of nitrogens with one attached hydrogen (secondary N) is 1. The predicted octanol–water partition coefficient (Wildman–Crippen LogP) is 5.38. The number of pyridine rings is 1. The first kappa shape index (κ1) is 17.2. The largest absolute Gasteiger partial charge is 0.444 e. The van der Waals surface area contributed by atoms with Crippen LogP contribution in [0.2, 0.25) is 0 Å². The van der Waals surface area contributed by atoms with Gasteiger partial charge in [-0.05, 0) is 68.4 Å². The number of nitrogens with zero attached hydrogens (tertiary/aromatic N) is 1. The maximum Gasteiger partial charge on any atom is 0.413 e. The fourth-order valence-electron chi connectivity index (χ4n) is 2.65. The zero-order valence-electron chi connectivity index (χ0n) is 15.0. The van der Waals surface area contributed by atoms with Crippen LogP contribution in [0.5, 0.6) is 0 Å². The lowest BCUT2D eigenvalue weighted by atomic mass is 9.99. The number of hydrogen-bond acceptors (Lipinski definition) is 3. The predicted molar refractivity (Wildman–Crippen MR) is 101 cm³/mol. The van der Waals surface area contributed by atoms with E-state index < -0.39 is 11.7 Å². The number of hydrogen-bond donors (Lipinski definition) is 1. The maximum absolute atomic E-state index is 11.9. The van der Waals surface area contributed by atoms with E-state index in [0.29, 0.717) is 11.7 Å². The lowest BCUT2D eigenvalue weighted by molar-refractivity contribution is 0.0635. The summed E-state index contributed by atoms with van der Waals surface area (Å²) in [5, 5.41) is 2.70. The van der Waals surface area contributed by atoms with Crippen LogP contribution in [-0.2, 0) is 4.74 Å². The van der Waals surface area contributed by atoms with Gasteiger partial charge in [0.2, 0.25) is 0 Å². The Kier molecular flexibility index (Phi) is 4.88. The molecule has 1 saturated carbocycles. The molecule has 1 heterocycles. The van der Waals surface area contributed by atoms with Crippen LogP contribution in [0.4, 0.5) is 10.6 Å². The van der Waals surface area contributed by atoms with Gasteiger partial charge in [-0.2, -0.15) is 0 Å². The normalized spacial score (nSPS) is 14.9. The van der Waals surface area contributed by atoms with Crippen LogP contribution >= 0.6 is 0 Å². The van der Waals surface area contributed by atoms with Crippen LogP contribution in [0.1, 0.15) is 44.7 Å². The smallest absolute Gasteiger partial charge is 0.413 e. The van der Waals surface area contributed by atoms with Crippen molar-refractivity contribution in [3.63, 3.8) is 0 Å². The fraction of sp³-hybridized carbons (Fsp3) is 0.333. The molecule has 4 nitrogen and oxygen atoms in total. The van der Waals surface area contributed by atoms with Crippen molar-refractivity contribution in [2.45, 2.75) is 39.2 Å². The summed E-state index contributed by atoms with van der Waals surface area (Å²) in [7, 11) is 0. The summed E-state index contributed by atoms with van der Waals surface area (Å²) >= 11 is 0. The van der Waals surface area contributed by atoms with E-state index in [2.05, 4.69) is 40.6 Å². The molecule has 25 heavy (non-hydrogen) atoms. The number of carbonyl (C=O) groups excluding carboxylic acids is 1. The molecule has 1 aromatic heterocycles. The van der Waals surface area contributed by atoms with E-state index in [4.69, 9.17) is 4.74 Å². The first-order chi connectivity index (χ1) is 11.9. The fourth-order valence-corrected chi connectivity index (χ4v) is 2.65. The Hall–Kier alpha value is -2.62. The third-order valence-electron chi connectivity index (χ3n) is 3.86. The summed E-state index contributed by atoms with van der Waals surface area (Å²) in [4.78, 5) is 16.1. The number of amides is 1. The number of benzene rings is 1. The van der Waals surface area contributed by atoms with E-state index in [0.717, 1.165) is 5.56 Å². The van der Waals surface area contributed by atoms with Gasteiger partial charge in [0.05, 0.1) is 0 Å². The molecular weight excluding hydrogens is 312 g/mol. The van der Waals surface area contributed by atoms with Gasteiger partial charge in [0.25, 0.3) is 0 Å². The molecule has 0 bridgehead atoms. The molecule has 1 aromatic carbocycles. The monoisotopic (exact) mass is 336 g/mol. The summed E-state index contributed by atoms with van der Waals surface area (Å²) in [6.45, 7) is 5.50. The molecule has 1 aliphatic carbocycles. The van der Waals surface area contributed by atoms with Crippen molar-refractivity contribution in [3.8, 4) is 0 Å². The van der Waals surface area contributed by atoms with E-state index in [1.54, 1.807) is 6.20 Å². The second kappa shape index (κ2) is 7.09. The Balaban J connectivity index is 1.80. The number of aromatic nitrogens is 1. The molecule has 4 heteroatoms. The standard InChI is InChI=1S/C21H24N2O2/c1-21(2,3)25-20(24)23-19-14-15(11-12-22-19)13-18(17-9-10-17)16-7-5-4-6-8-16/h4-8,11-14,17H,9-10H2,1-3H3,(H,22,23,24). The average molecular weight is 336 g/mol. The molecule has 1 fully saturated rings. The van der Waals surface area contributed by atoms with Crippen LogP contribution < -0.4 is 5.32 Å². The van der Waals surface area contributed by atoms with Gasteiger partial charge in [0.1, 0.15) is 11.4 Å². The van der Waals surface area contributed by atoms with Crippen LogP contribution in [0.25, 0.3) is 11.6 Å². The number of anilines is 1. The van der Waals surface area contributed by atoms with E-state index in [-0.39, 0.29) is 0 Å². The molecule has 1 aliphatic rings.